The van der Waals surface area contributed by atoms with Gasteiger partial charge in [0.05, 0.1) is 29.4 Å². The first kappa shape index (κ1) is 20.4. The van der Waals surface area contributed by atoms with E-state index in [4.69, 9.17) is 4.74 Å². The van der Waals surface area contributed by atoms with Gasteiger partial charge in [-0.25, -0.2) is 8.42 Å². The van der Waals surface area contributed by atoms with Crippen LogP contribution in [0, 0.1) is 0 Å². The van der Waals surface area contributed by atoms with Crippen molar-refractivity contribution in [3.05, 3.63) is 53.6 Å². The highest BCUT2D eigenvalue weighted by Gasteiger charge is 2.26. The van der Waals surface area contributed by atoms with Gasteiger partial charge in [0, 0.05) is 32.2 Å². The summed E-state index contributed by atoms with van der Waals surface area (Å²) in [5, 5.41) is 0. The monoisotopic (exact) mass is 429 g/mol. The van der Waals surface area contributed by atoms with E-state index in [0.29, 0.717) is 44.8 Å². The second kappa shape index (κ2) is 8.08. The molecule has 2 aromatic rings. The fraction of sp³-hybridized carbons (Fsp3) is 0.333. The third-order valence-corrected chi connectivity index (χ3v) is 6.70. The number of benzene rings is 2. The lowest BCUT2D eigenvalue weighted by molar-refractivity contribution is -0.116. The van der Waals surface area contributed by atoms with E-state index in [9.17, 15) is 18.0 Å². The minimum Gasteiger partial charge on any atom is -0.378 e. The third kappa shape index (κ3) is 3.90. The predicted molar refractivity (Wildman–Crippen MR) is 112 cm³/mol. The minimum atomic E-state index is -3.91. The van der Waals surface area contributed by atoms with Gasteiger partial charge in [-0.1, -0.05) is 12.1 Å². The van der Waals surface area contributed by atoms with E-state index < -0.39 is 10.0 Å². The number of carbonyl (C=O) groups excluding carboxylic acids is 2. The zero-order valence-corrected chi connectivity index (χ0v) is 17.4. The highest BCUT2D eigenvalue weighted by molar-refractivity contribution is 7.92. The van der Waals surface area contributed by atoms with E-state index in [1.807, 2.05) is 0 Å². The highest BCUT2D eigenvalue weighted by Crippen LogP contribution is 2.31. The molecule has 1 saturated heterocycles. The van der Waals surface area contributed by atoms with Crippen molar-refractivity contribution in [2.45, 2.75) is 18.2 Å². The Morgan fingerprint density at radius 1 is 1.03 bits per heavy atom. The number of fused-ring (bicyclic) bond motifs is 1. The van der Waals surface area contributed by atoms with Crippen LogP contribution in [0.4, 0.5) is 11.4 Å². The second-order valence-corrected chi connectivity index (χ2v) is 8.95. The van der Waals surface area contributed by atoms with Gasteiger partial charge in [0.2, 0.25) is 5.91 Å². The molecule has 0 unspecified atom stereocenters. The van der Waals surface area contributed by atoms with Gasteiger partial charge in [-0.3, -0.25) is 14.3 Å². The molecule has 30 heavy (non-hydrogen) atoms. The molecule has 0 bridgehead atoms. The molecule has 0 radical (unpaired) electrons. The van der Waals surface area contributed by atoms with Crippen LogP contribution in [0.1, 0.15) is 22.8 Å². The number of amides is 2. The number of hydrogen-bond donors (Lipinski definition) is 1. The Kier molecular flexibility index (Phi) is 5.48. The topological polar surface area (TPSA) is 96.0 Å². The highest BCUT2D eigenvalue weighted by atomic mass is 32.2. The van der Waals surface area contributed by atoms with Crippen molar-refractivity contribution in [3.63, 3.8) is 0 Å². The summed E-state index contributed by atoms with van der Waals surface area (Å²) in [7, 11) is -3.91. The first-order chi connectivity index (χ1) is 14.4. The number of nitrogens with one attached hydrogen (secondary N) is 1. The average molecular weight is 429 g/mol. The SMILES string of the molecule is CC(=O)N1CCc2cc(S(=O)(=O)Nc3ccccc3C(=O)N3CCOCC3)ccc21. The zero-order chi connectivity index (χ0) is 21.3. The van der Waals surface area contributed by atoms with E-state index in [1.165, 1.54) is 13.0 Å². The van der Waals surface area contributed by atoms with Crippen molar-refractivity contribution in [2.24, 2.45) is 0 Å². The van der Waals surface area contributed by atoms with Gasteiger partial charge in [0.1, 0.15) is 0 Å². The Morgan fingerprint density at radius 2 is 1.77 bits per heavy atom. The summed E-state index contributed by atoms with van der Waals surface area (Å²) in [6.45, 7) is 3.90. The molecular weight excluding hydrogens is 406 g/mol. The largest absolute Gasteiger partial charge is 0.378 e. The van der Waals surface area contributed by atoms with Crippen LogP contribution in [-0.4, -0.2) is 58.0 Å². The van der Waals surface area contributed by atoms with Crippen LogP contribution in [0.15, 0.2) is 47.4 Å². The number of ether oxygens (including phenoxy) is 1. The quantitative estimate of drug-likeness (QED) is 0.801. The van der Waals surface area contributed by atoms with E-state index in [-0.39, 0.29) is 22.4 Å². The van der Waals surface area contributed by atoms with Gasteiger partial charge in [-0.15, -0.1) is 0 Å². The average Bonchev–Trinajstić information content (AvgIpc) is 3.18. The maximum absolute atomic E-state index is 13.0. The molecule has 1 N–H and O–H groups in total. The lowest BCUT2D eigenvalue weighted by Gasteiger charge is -2.27. The lowest BCUT2D eigenvalue weighted by Crippen LogP contribution is -2.41. The summed E-state index contributed by atoms with van der Waals surface area (Å²) < 4.78 is 33.9. The fourth-order valence-corrected chi connectivity index (χ4v) is 4.90. The summed E-state index contributed by atoms with van der Waals surface area (Å²) in [5.41, 5.74) is 2.09. The molecule has 0 saturated carbocycles. The first-order valence-corrected chi connectivity index (χ1v) is 11.2. The maximum atomic E-state index is 13.0. The number of para-hydroxylation sites is 1. The van der Waals surface area contributed by atoms with Gasteiger partial charge in [0.15, 0.2) is 0 Å². The van der Waals surface area contributed by atoms with Crippen molar-refractivity contribution in [2.75, 3.05) is 42.5 Å². The molecule has 2 aliphatic rings. The summed E-state index contributed by atoms with van der Waals surface area (Å²) >= 11 is 0. The molecule has 0 atom stereocenters. The maximum Gasteiger partial charge on any atom is 0.261 e. The Labute approximate surface area is 175 Å². The molecular formula is C21H23N3O5S. The van der Waals surface area contributed by atoms with E-state index in [1.54, 1.807) is 46.2 Å². The number of hydrogen-bond acceptors (Lipinski definition) is 5. The first-order valence-electron chi connectivity index (χ1n) is 9.77. The van der Waals surface area contributed by atoms with Gasteiger partial charge in [-0.2, -0.15) is 0 Å². The molecule has 0 aromatic heterocycles. The molecule has 9 heteroatoms. The Bertz CT molecular complexity index is 1090. The number of morpholine rings is 1. The van der Waals surface area contributed by atoms with Crippen LogP contribution < -0.4 is 9.62 Å². The predicted octanol–water partition coefficient (Wildman–Crippen LogP) is 1.87. The normalized spacial score (nSPS) is 16.3. The van der Waals surface area contributed by atoms with Crippen molar-refractivity contribution in [1.29, 1.82) is 0 Å². The second-order valence-electron chi connectivity index (χ2n) is 7.27. The van der Waals surface area contributed by atoms with E-state index in [2.05, 4.69) is 4.72 Å². The van der Waals surface area contributed by atoms with Crippen LogP contribution in [0.25, 0.3) is 0 Å². The molecule has 158 valence electrons. The van der Waals surface area contributed by atoms with Crippen molar-refractivity contribution in [3.8, 4) is 0 Å². The molecule has 0 aliphatic carbocycles. The van der Waals surface area contributed by atoms with Crippen LogP contribution in [0.5, 0.6) is 0 Å². The fourth-order valence-electron chi connectivity index (χ4n) is 3.77. The molecule has 4 rings (SSSR count). The third-order valence-electron chi connectivity index (χ3n) is 5.34. The number of anilines is 2. The summed E-state index contributed by atoms with van der Waals surface area (Å²) in [4.78, 5) is 28.0. The van der Waals surface area contributed by atoms with E-state index >= 15 is 0 Å². The van der Waals surface area contributed by atoms with E-state index in [0.717, 1.165) is 11.3 Å². The molecule has 2 aliphatic heterocycles. The Balaban J connectivity index is 1.60. The van der Waals surface area contributed by atoms with Crippen molar-refractivity contribution in [1.82, 2.24) is 4.90 Å². The van der Waals surface area contributed by atoms with Crippen molar-refractivity contribution < 1.29 is 22.7 Å². The molecule has 2 heterocycles. The molecule has 2 aromatic carbocycles. The molecule has 0 spiro atoms. The summed E-state index contributed by atoms with van der Waals surface area (Å²) in [5.74, 6) is -0.305. The van der Waals surface area contributed by atoms with Gasteiger partial charge in [-0.05, 0) is 42.3 Å². The van der Waals surface area contributed by atoms with Gasteiger partial charge < -0.3 is 14.5 Å². The Morgan fingerprint density at radius 3 is 2.50 bits per heavy atom. The number of sulfonamides is 1. The van der Waals surface area contributed by atoms with Crippen LogP contribution in [0.2, 0.25) is 0 Å². The smallest absolute Gasteiger partial charge is 0.261 e. The van der Waals surface area contributed by atoms with Crippen molar-refractivity contribution >= 4 is 33.2 Å². The standard InChI is InChI=1S/C21H23N3O5S/c1-15(25)24-9-8-16-14-17(6-7-20(16)24)30(27,28)22-19-5-3-2-4-18(19)21(26)23-10-12-29-13-11-23/h2-7,14,22H,8-13H2,1H3. The van der Waals surface area contributed by atoms with Crippen LogP contribution >= 0.6 is 0 Å². The van der Waals surface area contributed by atoms with Crippen LogP contribution in [0.3, 0.4) is 0 Å². The molecule has 2 amide bonds. The van der Waals surface area contributed by atoms with Crippen LogP contribution in [-0.2, 0) is 26.0 Å². The Hall–Kier alpha value is -2.91. The molecule has 1 fully saturated rings. The zero-order valence-electron chi connectivity index (χ0n) is 16.6. The summed E-state index contributed by atoms with van der Waals surface area (Å²) in [6.07, 6.45) is 0.602. The molecule has 8 nitrogen and oxygen atoms in total. The number of carbonyl (C=O) groups is 2. The number of nitrogens with zero attached hydrogens (tertiary/aromatic N) is 2. The van der Waals surface area contributed by atoms with Gasteiger partial charge in [0.25, 0.3) is 15.9 Å². The minimum absolute atomic E-state index is 0.0713. The number of rotatable bonds is 4. The lowest BCUT2D eigenvalue weighted by atomic mass is 10.1. The van der Waals surface area contributed by atoms with Gasteiger partial charge >= 0.3 is 0 Å². The summed E-state index contributed by atoms with van der Waals surface area (Å²) in [6, 6.07) is 11.3.